The van der Waals surface area contributed by atoms with Gasteiger partial charge in [-0.05, 0) is 6.07 Å². The molecule has 1 radical (unpaired) electrons. The number of hydrogen-bond donors (Lipinski definition) is 0. The predicted molar refractivity (Wildman–Crippen MR) is 46.1 cm³/mol. The molecule has 0 saturated carbocycles. The third-order valence-corrected chi connectivity index (χ3v) is 1.52. The Morgan fingerprint density at radius 3 is 3.15 bits per heavy atom. The van der Waals surface area contributed by atoms with E-state index in [4.69, 9.17) is 9.15 Å². The molecule has 3 nitrogen and oxygen atoms in total. The minimum atomic E-state index is 0.341. The van der Waals surface area contributed by atoms with Gasteiger partial charge in [-0.2, -0.15) is 0 Å². The molecule has 13 heavy (non-hydrogen) atoms. The van der Waals surface area contributed by atoms with E-state index in [1.165, 1.54) is 6.26 Å². The first-order valence-electron chi connectivity index (χ1n) is 3.93. The second-order valence-electron chi connectivity index (χ2n) is 2.44. The number of nitrogens with zero attached hydrogens (tertiary/aromatic N) is 1. The Kier molecular flexibility index (Phi) is 2.27. The largest absolute Gasteiger partial charge is 0.483 e. The quantitative estimate of drug-likeness (QED) is 0.714. The molecule has 3 heteroatoms. The van der Waals surface area contributed by atoms with Gasteiger partial charge in [0.1, 0.15) is 12.0 Å². The van der Waals surface area contributed by atoms with Crippen LogP contribution in [-0.4, -0.2) is 4.98 Å². The number of ether oxygens (including phenoxy) is 1. The maximum atomic E-state index is 5.34. The van der Waals surface area contributed by atoms with Crippen LogP contribution in [0.5, 0.6) is 5.75 Å². The molecule has 0 fully saturated rings. The maximum Gasteiger partial charge on any atom is 0.232 e. The van der Waals surface area contributed by atoms with E-state index in [9.17, 15) is 0 Å². The standard InChI is InChI=1S/C10H8NO2/c1-2-4-9(5-3-1)13-8-10-11-6-7-12-10/h1-4,6-7H,8H2. The summed E-state index contributed by atoms with van der Waals surface area (Å²) in [6.07, 6.45) is 3.11. The Morgan fingerprint density at radius 1 is 1.46 bits per heavy atom. The molecule has 0 atom stereocenters. The van der Waals surface area contributed by atoms with Gasteiger partial charge in [-0.3, -0.25) is 0 Å². The lowest BCUT2D eigenvalue weighted by molar-refractivity contribution is 0.262. The number of para-hydroxylation sites is 1. The molecule has 0 unspecified atom stereocenters. The fraction of sp³-hybridized carbons (Fsp3) is 0.100. The first-order chi connectivity index (χ1) is 6.45. The third kappa shape index (κ3) is 2.08. The van der Waals surface area contributed by atoms with Gasteiger partial charge in [0, 0.05) is 6.07 Å². The highest BCUT2D eigenvalue weighted by atomic mass is 16.5. The first-order valence-corrected chi connectivity index (χ1v) is 3.93. The van der Waals surface area contributed by atoms with E-state index in [2.05, 4.69) is 11.1 Å². The summed E-state index contributed by atoms with van der Waals surface area (Å²) in [6, 6.07) is 10.3. The van der Waals surface area contributed by atoms with Crippen molar-refractivity contribution < 1.29 is 9.15 Å². The van der Waals surface area contributed by atoms with Crippen molar-refractivity contribution in [2.45, 2.75) is 6.61 Å². The number of oxazole rings is 1. The summed E-state index contributed by atoms with van der Waals surface area (Å²) in [5.74, 6) is 1.26. The van der Waals surface area contributed by atoms with E-state index in [1.807, 2.05) is 18.2 Å². The van der Waals surface area contributed by atoms with E-state index in [0.717, 1.165) is 0 Å². The minimum absolute atomic E-state index is 0.341. The third-order valence-electron chi connectivity index (χ3n) is 1.52. The highest BCUT2D eigenvalue weighted by Crippen LogP contribution is 2.09. The van der Waals surface area contributed by atoms with Gasteiger partial charge < -0.3 is 9.15 Å². The molecular formula is C10H8NO2. The van der Waals surface area contributed by atoms with Crippen LogP contribution < -0.4 is 4.74 Å². The van der Waals surface area contributed by atoms with Crippen molar-refractivity contribution in [1.29, 1.82) is 0 Å². The molecule has 2 aromatic rings. The summed E-state index contributed by atoms with van der Waals surface area (Å²) in [5, 5.41) is 0. The van der Waals surface area contributed by atoms with Gasteiger partial charge >= 0.3 is 0 Å². The van der Waals surface area contributed by atoms with Crippen LogP contribution in [0, 0.1) is 6.07 Å². The van der Waals surface area contributed by atoms with E-state index < -0.39 is 0 Å². The lowest BCUT2D eigenvalue weighted by atomic mass is 10.3. The van der Waals surface area contributed by atoms with Crippen molar-refractivity contribution in [2.24, 2.45) is 0 Å². The van der Waals surface area contributed by atoms with Crippen molar-refractivity contribution in [3.05, 3.63) is 48.7 Å². The maximum absolute atomic E-state index is 5.34. The Hall–Kier alpha value is -1.77. The normalized spacial score (nSPS) is 9.85. The van der Waals surface area contributed by atoms with Crippen molar-refractivity contribution >= 4 is 0 Å². The number of hydrogen-bond acceptors (Lipinski definition) is 3. The molecule has 1 heterocycles. The monoisotopic (exact) mass is 174 g/mol. The minimum Gasteiger partial charge on any atom is -0.483 e. The van der Waals surface area contributed by atoms with E-state index in [-0.39, 0.29) is 0 Å². The van der Waals surface area contributed by atoms with Crippen LogP contribution in [0.15, 0.2) is 41.1 Å². The second-order valence-corrected chi connectivity index (χ2v) is 2.44. The summed E-state index contributed by atoms with van der Waals surface area (Å²) in [5.41, 5.74) is 0. The van der Waals surface area contributed by atoms with Crippen LogP contribution >= 0.6 is 0 Å². The number of rotatable bonds is 3. The zero-order valence-electron chi connectivity index (χ0n) is 6.93. The van der Waals surface area contributed by atoms with Gasteiger partial charge in [0.25, 0.3) is 0 Å². The van der Waals surface area contributed by atoms with Crippen LogP contribution in [0.25, 0.3) is 0 Å². The highest BCUT2D eigenvalue weighted by molar-refractivity contribution is 5.19. The SMILES string of the molecule is [c]1ccccc1OCc1ncco1. The fourth-order valence-corrected chi connectivity index (χ4v) is 0.930. The van der Waals surface area contributed by atoms with Crippen LogP contribution in [0.1, 0.15) is 5.89 Å². The lowest BCUT2D eigenvalue weighted by Crippen LogP contribution is -1.94. The highest BCUT2D eigenvalue weighted by Gasteiger charge is 1.97. The van der Waals surface area contributed by atoms with Gasteiger partial charge in [0.2, 0.25) is 5.89 Å². The fourth-order valence-electron chi connectivity index (χ4n) is 0.930. The van der Waals surface area contributed by atoms with Gasteiger partial charge in [0.05, 0.1) is 6.20 Å². The molecule has 0 N–H and O–H groups in total. The van der Waals surface area contributed by atoms with Crippen LogP contribution in [-0.2, 0) is 6.61 Å². The van der Waals surface area contributed by atoms with Crippen LogP contribution in [0.2, 0.25) is 0 Å². The summed E-state index contributed by atoms with van der Waals surface area (Å²) in [7, 11) is 0. The van der Waals surface area contributed by atoms with Gasteiger partial charge in [-0.15, -0.1) is 0 Å². The molecule has 65 valence electrons. The Balaban J connectivity index is 1.94. The van der Waals surface area contributed by atoms with E-state index in [0.29, 0.717) is 18.2 Å². The van der Waals surface area contributed by atoms with Crippen LogP contribution in [0.4, 0.5) is 0 Å². The molecule has 2 rings (SSSR count). The smallest absolute Gasteiger partial charge is 0.232 e. The Bertz CT molecular complexity index is 342. The average molecular weight is 174 g/mol. The van der Waals surface area contributed by atoms with E-state index in [1.54, 1.807) is 12.3 Å². The van der Waals surface area contributed by atoms with Crippen molar-refractivity contribution in [1.82, 2.24) is 4.98 Å². The molecule has 0 amide bonds. The molecule has 0 saturated heterocycles. The molecule has 0 aliphatic carbocycles. The lowest BCUT2D eigenvalue weighted by Gasteiger charge is -2.00. The van der Waals surface area contributed by atoms with Crippen molar-refractivity contribution in [2.75, 3.05) is 0 Å². The average Bonchev–Trinajstić information content (AvgIpc) is 2.69. The molecule has 0 aliphatic rings. The summed E-state index contributed by atoms with van der Waals surface area (Å²) in [6.45, 7) is 0.341. The zero-order valence-corrected chi connectivity index (χ0v) is 6.93. The molecule has 0 aliphatic heterocycles. The van der Waals surface area contributed by atoms with Gasteiger partial charge in [0.15, 0.2) is 6.61 Å². The molecular weight excluding hydrogens is 166 g/mol. The molecule has 1 aromatic carbocycles. The summed E-state index contributed by atoms with van der Waals surface area (Å²) >= 11 is 0. The Morgan fingerprint density at radius 2 is 2.46 bits per heavy atom. The summed E-state index contributed by atoms with van der Waals surface area (Å²) < 4.78 is 10.3. The van der Waals surface area contributed by atoms with Gasteiger partial charge in [-0.25, -0.2) is 4.98 Å². The zero-order chi connectivity index (χ0) is 8.93. The predicted octanol–water partition coefficient (Wildman–Crippen LogP) is 2.05. The second kappa shape index (κ2) is 3.76. The van der Waals surface area contributed by atoms with Crippen molar-refractivity contribution in [3.8, 4) is 5.75 Å². The number of benzene rings is 1. The number of aromatic nitrogens is 1. The molecule has 0 bridgehead atoms. The van der Waals surface area contributed by atoms with Crippen LogP contribution in [0.3, 0.4) is 0 Å². The van der Waals surface area contributed by atoms with Gasteiger partial charge in [-0.1, -0.05) is 18.2 Å². The van der Waals surface area contributed by atoms with Crippen molar-refractivity contribution in [3.63, 3.8) is 0 Å². The Labute approximate surface area is 76.0 Å². The molecule has 0 spiro atoms. The topological polar surface area (TPSA) is 35.3 Å². The molecule has 1 aromatic heterocycles. The summed E-state index contributed by atoms with van der Waals surface area (Å²) in [4.78, 5) is 3.93. The van der Waals surface area contributed by atoms with E-state index >= 15 is 0 Å². The first kappa shape index (κ1) is 7.86.